The third kappa shape index (κ3) is 3.28. The molecule has 0 aliphatic rings. The van der Waals surface area contributed by atoms with Gasteiger partial charge in [-0.05, 0) is 23.8 Å². The second-order valence-electron chi connectivity index (χ2n) is 4.38. The Morgan fingerprint density at radius 3 is 2.67 bits per heavy atom. The fraction of sp³-hybridized carbons (Fsp3) is 0.143. The van der Waals surface area contributed by atoms with Crippen molar-refractivity contribution in [3.63, 3.8) is 0 Å². The summed E-state index contributed by atoms with van der Waals surface area (Å²) in [7, 11) is -2.35. The van der Waals surface area contributed by atoms with E-state index in [0.29, 0.717) is 5.75 Å². The number of halogens is 2. The highest BCUT2D eigenvalue weighted by atomic mass is 35.5. The first-order valence-corrected chi connectivity index (χ1v) is 7.97. The molecule has 0 amide bonds. The number of methoxy groups -OCH3 is 1. The van der Waals surface area contributed by atoms with Crippen LogP contribution >= 0.6 is 11.6 Å². The van der Waals surface area contributed by atoms with Gasteiger partial charge in [0.25, 0.3) is 0 Å². The fourth-order valence-corrected chi connectivity index (χ4v) is 3.65. The quantitative estimate of drug-likeness (QED) is 0.875. The molecular weight excluding hydrogens is 317 g/mol. The zero-order valence-electron chi connectivity index (χ0n) is 11.1. The van der Waals surface area contributed by atoms with Crippen LogP contribution in [-0.2, 0) is 15.6 Å². The van der Waals surface area contributed by atoms with E-state index in [1.165, 1.54) is 37.4 Å². The Bertz CT molecular complexity index is 778. The summed E-state index contributed by atoms with van der Waals surface area (Å²) >= 11 is 5.79. The highest BCUT2D eigenvalue weighted by molar-refractivity contribution is 7.90. The van der Waals surface area contributed by atoms with Crippen molar-refractivity contribution >= 4 is 27.1 Å². The molecule has 0 aliphatic carbocycles. The van der Waals surface area contributed by atoms with Crippen LogP contribution in [0.15, 0.2) is 41.3 Å². The molecule has 112 valence electrons. The Morgan fingerprint density at radius 2 is 2.00 bits per heavy atom. The average Bonchev–Trinajstić information content (AvgIpc) is 2.44. The summed E-state index contributed by atoms with van der Waals surface area (Å²) in [6, 6.07) is 8.36. The molecule has 0 saturated carbocycles. The lowest BCUT2D eigenvalue weighted by Crippen LogP contribution is -2.09. The summed E-state index contributed by atoms with van der Waals surface area (Å²) in [5.74, 6) is -0.739. The van der Waals surface area contributed by atoms with Crippen LogP contribution in [0.1, 0.15) is 5.56 Å². The summed E-state index contributed by atoms with van der Waals surface area (Å²) < 4.78 is 43.3. The van der Waals surface area contributed by atoms with Gasteiger partial charge in [-0.1, -0.05) is 23.7 Å². The maximum absolute atomic E-state index is 13.4. The zero-order valence-corrected chi connectivity index (χ0v) is 12.7. The van der Waals surface area contributed by atoms with Crippen LogP contribution in [0.25, 0.3) is 0 Å². The third-order valence-electron chi connectivity index (χ3n) is 2.93. The van der Waals surface area contributed by atoms with Crippen LogP contribution in [0.5, 0.6) is 5.75 Å². The molecule has 2 aromatic carbocycles. The normalized spacial score (nSPS) is 11.4. The molecule has 0 aromatic heterocycles. The Balaban J connectivity index is 2.46. The molecular formula is C14H13ClFNO3S. The van der Waals surface area contributed by atoms with Crippen molar-refractivity contribution < 1.29 is 17.5 Å². The van der Waals surface area contributed by atoms with Gasteiger partial charge in [-0.2, -0.15) is 0 Å². The van der Waals surface area contributed by atoms with E-state index in [1.54, 1.807) is 6.07 Å². The summed E-state index contributed by atoms with van der Waals surface area (Å²) in [4.78, 5) is -0.0674. The van der Waals surface area contributed by atoms with Gasteiger partial charge in [0, 0.05) is 6.07 Å². The summed E-state index contributed by atoms with van der Waals surface area (Å²) in [6.07, 6.45) is 0. The van der Waals surface area contributed by atoms with Gasteiger partial charge in [-0.3, -0.25) is 0 Å². The Morgan fingerprint density at radius 1 is 1.29 bits per heavy atom. The standard InChI is InChI=1S/C14H13ClFNO3S/c1-20-10-5-6-12(17)13(7-10)21(18,19)8-9-3-2-4-11(16)14(9)15/h2-7H,8,17H2,1H3. The highest BCUT2D eigenvalue weighted by Gasteiger charge is 2.21. The van der Waals surface area contributed by atoms with Gasteiger partial charge in [0.1, 0.15) is 11.6 Å². The molecule has 0 saturated heterocycles. The number of rotatable bonds is 4. The highest BCUT2D eigenvalue weighted by Crippen LogP contribution is 2.29. The minimum Gasteiger partial charge on any atom is -0.497 e. The molecule has 0 spiro atoms. The molecule has 0 aliphatic heterocycles. The molecule has 0 heterocycles. The smallest absolute Gasteiger partial charge is 0.184 e. The summed E-state index contributed by atoms with van der Waals surface area (Å²) in [6.45, 7) is 0. The van der Waals surface area contributed by atoms with Crippen LogP contribution in [0, 0.1) is 5.82 Å². The van der Waals surface area contributed by atoms with Crippen LogP contribution < -0.4 is 10.5 Å². The molecule has 2 aromatic rings. The second kappa shape index (κ2) is 5.91. The van der Waals surface area contributed by atoms with Crippen LogP contribution in [0.4, 0.5) is 10.1 Å². The SMILES string of the molecule is COc1ccc(N)c(S(=O)(=O)Cc2cccc(F)c2Cl)c1. The minimum atomic E-state index is -3.77. The van der Waals surface area contributed by atoms with Gasteiger partial charge in [0.2, 0.25) is 0 Å². The maximum Gasteiger partial charge on any atom is 0.184 e. The van der Waals surface area contributed by atoms with Gasteiger partial charge in [0.05, 0.1) is 28.5 Å². The molecule has 0 radical (unpaired) electrons. The van der Waals surface area contributed by atoms with Gasteiger partial charge in [0.15, 0.2) is 9.84 Å². The van der Waals surface area contributed by atoms with Crippen molar-refractivity contribution in [2.24, 2.45) is 0 Å². The molecule has 2 rings (SSSR count). The number of benzene rings is 2. The minimum absolute atomic E-state index is 0.0674. The monoisotopic (exact) mass is 329 g/mol. The van der Waals surface area contributed by atoms with E-state index >= 15 is 0 Å². The molecule has 7 heteroatoms. The molecule has 0 fully saturated rings. The van der Waals surface area contributed by atoms with Crippen LogP contribution in [0.3, 0.4) is 0 Å². The van der Waals surface area contributed by atoms with Crippen molar-refractivity contribution in [1.82, 2.24) is 0 Å². The number of sulfone groups is 1. The molecule has 0 atom stereocenters. The lowest BCUT2D eigenvalue weighted by atomic mass is 10.2. The second-order valence-corrected chi connectivity index (χ2v) is 6.71. The first kappa shape index (κ1) is 15.6. The number of nitrogens with two attached hydrogens (primary N) is 1. The van der Waals surface area contributed by atoms with Crippen molar-refractivity contribution in [2.45, 2.75) is 10.6 Å². The van der Waals surface area contributed by atoms with Crippen molar-refractivity contribution in [1.29, 1.82) is 0 Å². The first-order valence-electron chi connectivity index (χ1n) is 5.94. The lowest BCUT2D eigenvalue weighted by Gasteiger charge is -2.10. The van der Waals surface area contributed by atoms with Crippen LogP contribution in [0.2, 0.25) is 5.02 Å². The van der Waals surface area contributed by atoms with E-state index in [1.807, 2.05) is 0 Å². The van der Waals surface area contributed by atoms with E-state index in [2.05, 4.69) is 0 Å². The van der Waals surface area contributed by atoms with Crippen molar-refractivity contribution in [2.75, 3.05) is 12.8 Å². The van der Waals surface area contributed by atoms with Crippen LogP contribution in [-0.4, -0.2) is 15.5 Å². The van der Waals surface area contributed by atoms with E-state index in [4.69, 9.17) is 22.1 Å². The van der Waals surface area contributed by atoms with E-state index < -0.39 is 21.4 Å². The number of hydrogen-bond acceptors (Lipinski definition) is 4. The van der Waals surface area contributed by atoms with Gasteiger partial charge < -0.3 is 10.5 Å². The molecule has 0 unspecified atom stereocenters. The van der Waals surface area contributed by atoms with Gasteiger partial charge >= 0.3 is 0 Å². The Kier molecular flexibility index (Phi) is 4.39. The summed E-state index contributed by atoms with van der Waals surface area (Å²) in [5.41, 5.74) is 5.99. The molecule has 4 nitrogen and oxygen atoms in total. The van der Waals surface area contributed by atoms with E-state index in [9.17, 15) is 12.8 Å². The average molecular weight is 330 g/mol. The van der Waals surface area contributed by atoms with Crippen molar-refractivity contribution in [3.05, 3.63) is 52.8 Å². The first-order chi connectivity index (χ1) is 9.85. The van der Waals surface area contributed by atoms with Crippen molar-refractivity contribution in [3.8, 4) is 5.75 Å². The zero-order chi connectivity index (χ0) is 15.6. The number of nitrogen functional groups attached to an aromatic ring is 1. The summed E-state index contributed by atoms with van der Waals surface area (Å²) in [5, 5.41) is -0.206. The molecule has 2 N–H and O–H groups in total. The van der Waals surface area contributed by atoms with Gasteiger partial charge in [-0.25, -0.2) is 12.8 Å². The fourth-order valence-electron chi connectivity index (χ4n) is 1.85. The Hall–Kier alpha value is -1.79. The van der Waals surface area contributed by atoms with E-state index in [-0.39, 0.29) is 21.2 Å². The number of ether oxygens (including phenoxy) is 1. The maximum atomic E-state index is 13.4. The number of anilines is 1. The predicted octanol–water partition coefficient (Wildman–Crippen LogP) is 3.04. The molecule has 0 bridgehead atoms. The Labute approximate surface area is 127 Å². The van der Waals surface area contributed by atoms with Gasteiger partial charge in [-0.15, -0.1) is 0 Å². The van der Waals surface area contributed by atoms with E-state index in [0.717, 1.165) is 0 Å². The molecule has 21 heavy (non-hydrogen) atoms. The number of hydrogen-bond donors (Lipinski definition) is 1. The topological polar surface area (TPSA) is 69.4 Å². The largest absolute Gasteiger partial charge is 0.497 e. The predicted molar refractivity (Wildman–Crippen MR) is 79.7 cm³/mol. The third-order valence-corrected chi connectivity index (χ3v) is 5.07. The lowest BCUT2D eigenvalue weighted by molar-refractivity contribution is 0.413.